The molecule has 3 rings (SSSR count). The monoisotopic (exact) mass is 273 g/mol. The SMILES string of the molecule is Fc1ccc(F)c(/C=C/c2nc3ccccc3s2)c1. The van der Waals surface area contributed by atoms with E-state index in [2.05, 4.69) is 4.98 Å². The van der Waals surface area contributed by atoms with Crippen LogP contribution in [0, 0.1) is 11.6 Å². The Morgan fingerprint density at radius 2 is 1.84 bits per heavy atom. The smallest absolute Gasteiger partial charge is 0.130 e. The Balaban J connectivity index is 1.95. The lowest BCUT2D eigenvalue weighted by Crippen LogP contribution is -1.83. The molecule has 0 bridgehead atoms. The van der Waals surface area contributed by atoms with Crippen LogP contribution in [0.2, 0.25) is 0 Å². The van der Waals surface area contributed by atoms with Gasteiger partial charge in [0.1, 0.15) is 16.6 Å². The first-order chi connectivity index (χ1) is 9.22. The third kappa shape index (κ3) is 2.53. The molecule has 2 aromatic carbocycles. The average molecular weight is 273 g/mol. The molecule has 1 heterocycles. The van der Waals surface area contributed by atoms with E-state index in [4.69, 9.17) is 0 Å². The molecule has 0 fully saturated rings. The molecule has 1 aromatic heterocycles. The molecule has 0 radical (unpaired) electrons. The maximum Gasteiger partial charge on any atom is 0.130 e. The van der Waals surface area contributed by atoms with E-state index in [1.165, 1.54) is 23.5 Å². The fraction of sp³-hybridized carbons (Fsp3) is 0. The fourth-order valence-electron chi connectivity index (χ4n) is 1.76. The second-order valence-corrected chi connectivity index (χ2v) is 5.08. The zero-order valence-corrected chi connectivity index (χ0v) is 10.6. The van der Waals surface area contributed by atoms with Gasteiger partial charge in [-0.15, -0.1) is 11.3 Å². The van der Waals surface area contributed by atoms with Crippen molar-refractivity contribution in [1.82, 2.24) is 4.98 Å². The van der Waals surface area contributed by atoms with E-state index in [-0.39, 0.29) is 5.56 Å². The summed E-state index contributed by atoms with van der Waals surface area (Å²) in [7, 11) is 0. The lowest BCUT2D eigenvalue weighted by atomic mass is 10.2. The Bertz CT molecular complexity index is 729. The standard InChI is InChI=1S/C15H9F2NS/c16-11-6-7-12(17)10(9-11)5-8-15-18-13-3-1-2-4-14(13)19-15/h1-9H/b8-5+. The van der Waals surface area contributed by atoms with Crippen LogP contribution in [0.15, 0.2) is 42.5 Å². The fourth-order valence-corrected chi connectivity index (χ4v) is 2.63. The van der Waals surface area contributed by atoms with Gasteiger partial charge in [-0.25, -0.2) is 13.8 Å². The van der Waals surface area contributed by atoms with Crippen LogP contribution in [0.5, 0.6) is 0 Å². The number of para-hydroxylation sites is 1. The second-order valence-electron chi connectivity index (χ2n) is 4.02. The molecule has 1 nitrogen and oxygen atoms in total. The number of rotatable bonds is 2. The van der Waals surface area contributed by atoms with Gasteiger partial charge in [0.15, 0.2) is 0 Å². The number of fused-ring (bicyclic) bond motifs is 1. The molecular formula is C15H9F2NS. The predicted molar refractivity (Wildman–Crippen MR) is 74.9 cm³/mol. The third-order valence-electron chi connectivity index (χ3n) is 2.67. The highest BCUT2D eigenvalue weighted by molar-refractivity contribution is 7.19. The van der Waals surface area contributed by atoms with Gasteiger partial charge in [0.2, 0.25) is 0 Å². The minimum Gasteiger partial charge on any atom is -0.237 e. The van der Waals surface area contributed by atoms with Crippen LogP contribution >= 0.6 is 11.3 Å². The molecule has 0 aliphatic heterocycles. The summed E-state index contributed by atoms with van der Waals surface area (Å²) in [5.41, 5.74) is 1.13. The second kappa shape index (κ2) is 4.90. The summed E-state index contributed by atoms with van der Waals surface area (Å²) in [5.74, 6) is -0.899. The van der Waals surface area contributed by atoms with E-state index >= 15 is 0 Å². The van der Waals surface area contributed by atoms with Crippen molar-refractivity contribution in [3.05, 3.63) is 64.7 Å². The summed E-state index contributed by atoms with van der Waals surface area (Å²) < 4.78 is 27.5. The van der Waals surface area contributed by atoms with Crippen molar-refractivity contribution in [2.45, 2.75) is 0 Å². The highest BCUT2D eigenvalue weighted by Gasteiger charge is 2.02. The number of aromatic nitrogens is 1. The van der Waals surface area contributed by atoms with E-state index < -0.39 is 11.6 Å². The van der Waals surface area contributed by atoms with Crippen LogP contribution in [0.1, 0.15) is 10.6 Å². The molecule has 0 saturated heterocycles. The van der Waals surface area contributed by atoms with Crippen LogP contribution in [0.25, 0.3) is 22.4 Å². The maximum absolute atomic E-state index is 13.4. The number of hydrogen-bond acceptors (Lipinski definition) is 2. The van der Waals surface area contributed by atoms with Crippen LogP contribution in [-0.2, 0) is 0 Å². The first-order valence-corrected chi connectivity index (χ1v) is 6.53. The summed E-state index contributed by atoms with van der Waals surface area (Å²) >= 11 is 1.51. The van der Waals surface area contributed by atoms with Crippen molar-refractivity contribution in [3.63, 3.8) is 0 Å². The minimum atomic E-state index is -0.453. The van der Waals surface area contributed by atoms with E-state index in [9.17, 15) is 8.78 Å². The van der Waals surface area contributed by atoms with E-state index in [1.807, 2.05) is 24.3 Å². The van der Waals surface area contributed by atoms with E-state index in [1.54, 1.807) is 6.08 Å². The van der Waals surface area contributed by atoms with Crippen molar-refractivity contribution in [3.8, 4) is 0 Å². The summed E-state index contributed by atoms with van der Waals surface area (Å²) in [6.45, 7) is 0. The molecule has 94 valence electrons. The summed E-state index contributed by atoms with van der Waals surface area (Å²) in [6.07, 6.45) is 3.23. The highest BCUT2D eigenvalue weighted by atomic mass is 32.1. The molecule has 4 heteroatoms. The van der Waals surface area contributed by atoms with Gasteiger partial charge in [-0.05, 0) is 42.5 Å². The zero-order valence-electron chi connectivity index (χ0n) is 9.81. The van der Waals surface area contributed by atoms with Gasteiger partial charge in [0.25, 0.3) is 0 Å². The first kappa shape index (κ1) is 12.0. The summed E-state index contributed by atoms with van der Waals surface area (Å²) in [5, 5.41) is 0.768. The van der Waals surface area contributed by atoms with Gasteiger partial charge >= 0.3 is 0 Å². The molecule has 0 N–H and O–H groups in total. The van der Waals surface area contributed by atoms with Gasteiger partial charge in [0, 0.05) is 5.56 Å². The van der Waals surface area contributed by atoms with Crippen molar-refractivity contribution >= 4 is 33.7 Å². The number of benzene rings is 2. The predicted octanol–water partition coefficient (Wildman–Crippen LogP) is 4.74. The normalized spacial score (nSPS) is 11.5. The summed E-state index contributed by atoms with van der Waals surface area (Å²) in [4.78, 5) is 4.40. The van der Waals surface area contributed by atoms with Crippen LogP contribution in [0.4, 0.5) is 8.78 Å². The Morgan fingerprint density at radius 1 is 1.00 bits per heavy atom. The number of halogens is 2. The Morgan fingerprint density at radius 3 is 2.68 bits per heavy atom. The van der Waals surface area contributed by atoms with Crippen molar-refractivity contribution in [2.75, 3.05) is 0 Å². The first-order valence-electron chi connectivity index (χ1n) is 5.71. The van der Waals surface area contributed by atoms with Gasteiger partial charge < -0.3 is 0 Å². The molecule has 0 saturated carbocycles. The molecule has 19 heavy (non-hydrogen) atoms. The van der Waals surface area contributed by atoms with Crippen molar-refractivity contribution in [1.29, 1.82) is 0 Å². The van der Waals surface area contributed by atoms with Gasteiger partial charge in [0.05, 0.1) is 10.2 Å². The van der Waals surface area contributed by atoms with Crippen LogP contribution in [0.3, 0.4) is 0 Å². The molecule has 0 atom stereocenters. The lowest BCUT2D eigenvalue weighted by Gasteiger charge is -1.95. The average Bonchev–Trinajstić information content (AvgIpc) is 2.82. The topological polar surface area (TPSA) is 12.9 Å². The van der Waals surface area contributed by atoms with Crippen molar-refractivity contribution < 1.29 is 8.78 Å². The quantitative estimate of drug-likeness (QED) is 0.657. The Kier molecular flexibility index (Phi) is 3.09. The molecule has 0 aliphatic rings. The van der Waals surface area contributed by atoms with E-state index in [0.29, 0.717) is 0 Å². The van der Waals surface area contributed by atoms with Crippen LogP contribution in [-0.4, -0.2) is 4.98 Å². The third-order valence-corrected chi connectivity index (χ3v) is 3.68. The van der Waals surface area contributed by atoms with Crippen LogP contribution < -0.4 is 0 Å². The molecule has 0 spiro atoms. The number of thiazole rings is 1. The van der Waals surface area contributed by atoms with Crippen molar-refractivity contribution in [2.24, 2.45) is 0 Å². The number of nitrogens with zero attached hydrogens (tertiary/aromatic N) is 1. The highest BCUT2D eigenvalue weighted by Crippen LogP contribution is 2.23. The molecule has 0 unspecified atom stereocenters. The zero-order chi connectivity index (χ0) is 13.2. The van der Waals surface area contributed by atoms with Gasteiger partial charge in [-0.2, -0.15) is 0 Å². The molecule has 0 aliphatic carbocycles. The number of hydrogen-bond donors (Lipinski definition) is 0. The Hall–Kier alpha value is -2.07. The Labute approximate surface area is 112 Å². The molecule has 3 aromatic rings. The maximum atomic E-state index is 13.4. The van der Waals surface area contributed by atoms with Gasteiger partial charge in [-0.3, -0.25) is 0 Å². The largest absolute Gasteiger partial charge is 0.237 e. The lowest BCUT2D eigenvalue weighted by molar-refractivity contribution is 0.598. The molecular weight excluding hydrogens is 264 g/mol. The summed E-state index contributed by atoms with van der Waals surface area (Å²) in [6, 6.07) is 11.2. The van der Waals surface area contributed by atoms with Gasteiger partial charge in [-0.1, -0.05) is 12.1 Å². The molecule has 0 amide bonds. The minimum absolute atomic E-state index is 0.222. The van der Waals surface area contributed by atoms with E-state index in [0.717, 1.165) is 27.4 Å².